The van der Waals surface area contributed by atoms with Gasteiger partial charge in [-0.3, -0.25) is 4.79 Å². The fourth-order valence-electron chi connectivity index (χ4n) is 3.60. The first-order chi connectivity index (χ1) is 13.1. The summed E-state index contributed by atoms with van der Waals surface area (Å²) in [5.74, 6) is 0.356. The summed E-state index contributed by atoms with van der Waals surface area (Å²) < 4.78 is 5.47. The second-order valence-corrected chi connectivity index (χ2v) is 6.97. The number of carbonyl (C=O) groups is 1. The van der Waals surface area contributed by atoms with E-state index in [-0.39, 0.29) is 11.5 Å². The van der Waals surface area contributed by atoms with Crippen molar-refractivity contribution in [3.8, 4) is 0 Å². The van der Waals surface area contributed by atoms with Gasteiger partial charge in [-0.2, -0.15) is 0 Å². The maximum Gasteiger partial charge on any atom is 0.349 e. The van der Waals surface area contributed by atoms with Gasteiger partial charge in [-0.1, -0.05) is 54.6 Å². The molecule has 0 fully saturated rings. The topological polar surface area (TPSA) is 50.5 Å². The number of rotatable bonds is 4. The van der Waals surface area contributed by atoms with Crippen LogP contribution in [-0.4, -0.2) is 10.8 Å². The Morgan fingerprint density at radius 2 is 1.59 bits per heavy atom. The first-order valence-corrected chi connectivity index (χ1v) is 9.15. The first-order valence-electron chi connectivity index (χ1n) is 9.15. The number of hydrogen-bond acceptors (Lipinski definition) is 3. The Balaban J connectivity index is 1.52. The van der Waals surface area contributed by atoms with Crippen LogP contribution in [0.3, 0.4) is 0 Å². The van der Waals surface area contributed by atoms with E-state index in [1.54, 1.807) is 11.8 Å². The standard InChI is InChI=1S/C23H21NO3/c1-16-13-20(12-11-17-7-3-2-4-8-17)27-23(26)21(16)22(25)24-14-18-9-5-6-10-19(18)15-24/h2-10,13H,11-12,14-15H2,1H3. The maximum atomic E-state index is 12.9. The molecule has 2 heterocycles. The lowest BCUT2D eigenvalue weighted by atomic mass is 10.1. The molecule has 1 aromatic heterocycles. The van der Waals surface area contributed by atoms with Gasteiger partial charge in [0, 0.05) is 19.5 Å². The molecule has 0 saturated heterocycles. The van der Waals surface area contributed by atoms with Crippen LogP contribution in [-0.2, 0) is 25.9 Å². The Morgan fingerprint density at radius 1 is 0.963 bits per heavy atom. The highest BCUT2D eigenvalue weighted by molar-refractivity contribution is 5.95. The van der Waals surface area contributed by atoms with Crippen molar-refractivity contribution in [2.75, 3.05) is 0 Å². The van der Waals surface area contributed by atoms with E-state index in [2.05, 4.69) is 0 Å². The highest BCUT2D eigenvalue weighted by Crippen LogP contribution is 2.24. The van der Waals surface area contributed by atoms with E-state index in [0.29, 0.717) is 30.8 Å². The van der Waals surface area contributed by atoms with E-state index in [9.17, 15) is 9.59 Å². The van der Waals surface area contributed by atoms with Gasteiger partial charge in [0.25, 0.3) is 5.91 Å². The van der Waals surface area contributed by atoms with Crippen molar-refractivity contribution in [2.24, 2.45) is 0 Å². The molecular formula is C23H21NO3. The van der Waals surface area contributed by atoms with Gasteiger partial charge in [0.05, 0.1) is 0 Å². The summed E-state index contributed by atoms with van der Waals surface area (Å²) in [4.78, 5) is 27.1. The third kappa shape index (κ3) is 3.56. The van der Waals surface area contributed by atoms with Crippen LogP contribution in [0, 0.1) is 6.92 Å². The lowest BCUT2D eigenvalue weighted by Gasteiger charge is -2.16. The highest BCUT2D eigenvalue weighted by atomic mass is 16.4. The summed E-state index contributed by atoms with van der Waals surface area (Å²) in [6.45, 7) is 2.87. The molecule has 0 saturated carbocycles. The van der Waals surface area contributed by atoms with Crippen LogP contribution in [0.4, 0.5) is 0 Å². The van der Waals surface area contributed by atoms with E-state index in [1.807, 2.05) is 60.7 Å². The molecule has 1 aliphatic heterocycles. The van der Waals surface area contributed by atoms with Crippen molar-refractivity contribution in [1.82, 2.24) is 4.90 Å². The first kappa shape index (κ1) is 17.3. The van der Waals surface area contributed by atoms with E-state index in [0.717, 1.165) is 17.5 Å². The van der Waals surface area contributed by atoms with Crippen LogP contribution in [0.2, 0.25) is 0 Å². The van der Waals surface area contributed by atoms with Crippen molar-refractivity contribution in [2.45, 2.75) is 32.9 Å². The third-order valence-electron chi connectivity index (χ3n) is 5.04. The van der Waals surface area contributed by atoms with Crippen molar-refractivity contribution in [1.29, 1.82) is 0 Å². The summed E-state index contributed by atoms with van der Waals surface area (Å²) in [6, 6.07) is 19.9. The zero-order valence-electron chi connectivity index (χ0n) is 15.3. The molecule has 3 aromatic rings. The van der Waals surface area contributed by atoms with Gasteiger partial charge in [-0.25, -0.2) is 4.79 Å². The molecule has 1 amide bonds. The van der Waals surface area contributed by atoms with Gasteiger partial charge in [-0.05, 0) is 41.7 Å². The lowest BCUT2D eigenvalue weighted by Crippen LogP contribution is -2.31. The monoisotopic (exact) mass is 359 g/mol. The number of amides is 1. The molecule has 0 spiro atoms. The molecule has 4 heteroatoms. The molecular weight excluding hydrogens is 338 g/mol. The number of aryl methyl sites for hydroxylation is 3. The largest absolute Gasteiger partial charge is 0.427 e. The highest BCUT2D eigenvalue weighted by Gasteiger charge is 2.27. The van der Waals surface area contributed by atoms with E-state index in [1.165, 1.54) is 5.56 Å². The zero-order chi connectivity index (χ0) is 18.8. The number of fused-ring (bicyclic) bond motifs is 1. The second-order valence-electron chi connectivity index (χ2n) is 6.97. The molecule has 0 bridgehead atoms. The second kappa shape index (κ2) is 7.23. The Labute approximate surface area is 158 Å². The Hall–Kier alpha value is -3.14. The molecule has 1 aliphatic rings. The average Bonchev–Trinajstić information content (AvgIpc) is 3.11. The molecule has 27 heavy (non-hydrogen) atoms. The Bertz CT molecular complexity index is 1010. The molecule has 4 rings (SSSR count). The van der Waals surface area contributed by atoms with Crippen LogP contribution >= 0.6 is 0 Å². The number of hydrogen-bond donors (Lipinski definition) is 0. The summed E-state index contributed by atoms with van der Waals surface area (Å²) in [6.07, 6.45) is 1.42. The third-order valence-corrected chi connectivity index (χ3v) is 5.04. The van der Waals surface area contributed by atoms with Gasteiger partial charge in [0.15, 0.2) is 0 Å². The summed E-state index contributed by atoms with van der Waals surface area (Å²) >= 11 is 0. The molecule has 0 atom stereocenters. The van der Waals surface area contributed by atoms with E-state index < -0.39 is 5.63 Å². The predicted octanol–water partition coefficient (Wildman–Crippen LogP) is 3.89. The minimum absolute atomic E-state index is 0.145. The minimum Gasteiger partial charge on any atom is -0.427 e. The number of carbonyl (C=O) groups excluding carboxylic acids is 1. The van der Waals surface area contributed by atoms with Crippen molar-refractivity contribution in [3.63, 3.8) is 0 Å². The average molecular weight is 359 g/mol. The predicted molar refractivity (Wildman–Crippen MR) is 104 cm³/mol. The maximum absolute atomic E-state index is 12.9. The zero-order valence-corrected chi connectivity index (χ0v) is 15.3. The summed E-state index contributed by atoms with van der Waals surface area (Å²) in [5, 5.41) is 0. The number of benzene rings is 2. The van der Waals surface area contributed by atoms with Crippen molar-refractivity contribution in [3.05, 3.63) is 105 Å². The number of nitrogens with zero attached hydrogens (tertiary/aromatic N) is 1. The molecule has 136 valence electrons. The van der Waals surface area contributed by atoms with Crippen LogP contribution in [0.25, 0.3) is 0 Å². The van der Waals surface area contributed by atoms with Crippen LogP contribution in [0.15, 0.2) is 69.9 Å². The molecule has 0 N–H and O–H groups in total. The Kier molecular flexibility index (Phi) is 4.63. The minimum atomic E-state index is -0.543. The van der Waals surface area contributed by atoms with Gasteiger partial charge in [0.1, 0.15) is 11.3 Å². The van der Waals surface area contributed by atoms with Crippen LogP contribution in [0.1, 0.15) is 38.4 Å². The van der Waals surface area contributed by atoms with Crippen LogP contribution in [0.5, 0.6) is 0 Å². The smallest absolute Gasteiger partial charge is 0.349 e. The van der Waals surface area contributed by atoms with Gasteiger partial charge in [0.2, 0.25) is 0 Å². The quantitative estimate of drug-likeness (QED) is 0.710. The summed E-state index contributed by atoms with van der Waals surface area (Å²) in [5.41, 5.74) is 3.73. The lowest BCUT2D eigenvalue weighted by molar-refractivity contribution is 0.0745. The molecule has 4 nitrogen and oxygen atoms in total. The van der Waals surface area contributed by atoms with Crippen molar-refractivity contribution >= 4 is 5.91 Å². The molecule has 0 aliphatic carbocycles. The van der Waals surface area contributed by atoms with Gasteiger partial charge in [-0.15, -0.1) is 0 Å². The fraction of sp³-hybridized carbons (Fsp3) is 0.217. The van der Waals surface area contributed by atoms with Crippen LogP contribution < -0.4 is 5.63 Å². The molecule has 0 unspecified atom stereocenters. The fourth-order valence-corrected chi connectivity index (χ4v) is 3.60. The van der Waals surface area contributed by atoms with Gasteiger partial charge >= 0.3 is 5.63 Å². The van der Waals surface area contributed by atoms with E-state index in [4.69, 9.17) is 4.42 Å². The van der Waals surface area contributed by atoms with Crippen molar-refractivity contribution < 1.29 is 9.21 Å². The van der Waals surface area contributed by atoms with E-state index >= 15 is 0 Å². The van der Waals surface area contributed by atoms with Gasteiger partial charge < -0.3 is 9.32 Å². The SMILES string of the molecule is Cc1cc(CCc2ccccc2)oc(=O)c1C(=O)N1Cc2ccccc2C1. The Morgan fingerprint density at radius 3 is 2.22 bits per heavy atom. The molecule has 2 aromatic carbocycles. The normalized spacial score (nSPS) is 12.9. The summed E-state index contributed by atoms with van der Waals surface area (Å²) in [7, 11) is 0. The molecule has 0 radical (unpaired) electrons.